The Kier molecular flexibility index (Phi) is 8.28. The summed E-state index contributed by atoms with van der Waals surface area (Å²) in [6.07, 6.45) is 9.52. The van der Waals surface area contributed by atoms with Crippen molar-refractivity contribution in [3.63, 3.8) is 0 Å². The molecular formula is C15H24ClO3P. The van der Waals surface area contributed by atoms with Crippen LogP contribution in [0.25, 0.3) is 0 Å². The molecule has 0 amide bonds. The average Bonchev–Trinajstić information content (AvgIpc) is 2.38. The fourth-order valence-electron chi connectivity index (χ4n) is 2.19. The van der Waals surface area contributed by atoms with Crippen LogP contribution in [0, 0.1) is 0 Å². The van der Waals surface area contributed by atoms with E-state index in [1.54, 1.807) is 12.1 Å². The Balaban J connectivity index is 2.34. The lowest BCUT2D eigenvalue weighted by Crippen LogP contribution is -1.93. The van der Waals surface area contributed by atoms with Gasteiger partial charge in [-0.25, -0.2) is 4.57 Å². The van der Waals surface area contributed by atoms with E-state index in [0.717, 1.165) is 18.4 Å². The van der Waals surface area contributed by atoms with Crippen LogP contribution in [-0.4, -0.2) is 4.89 Å². The Morgan fingerprint density at radius 2 is 1.70 bits per heavy atom. The van der Waals surface area contributed by atoms with E-state index >= 15 is 0 Å². The van der Waals surface area contributed by atoms with E-state index in [1.807, 2.05) is 12.1 Å². The highest BCUT2D eigenvalue weighted by molar-refractivity contribution is 7.80. The van der Waals surface area contributed by atoms with Gasteiger partial charge in [0.25, 0.3) is 0 Å². The van der Waals surface area contributed by atoms with Crippen LogP contribution in [0.1, 0.15) is 57.4 Å². The van der Waals surface area contributed by atoms with Crippen molar-refractivity contribution in [3.05, 3.63) is 29.8 Å². The van der Waals surface area contributed by atoms with Crippen molar-refractivity contribution >= 4 is 18.2 Å². The second-order valence-electron chi connectivity index (χ2n) is 5.02. The summed E-state index contributed by atoms with van der Waals surface area (Å²) in [5.74, 6) is 0.416. The van der Waals surface area contributed by atoms with E-state index in [9.17, 15) is 4.57 Å². The van der Waals surface area contributed by atoms with Crippen LogP contribution in [-0.2, 0) is 11.0 Å². The molecule has 0 radical (unpaired) electrons. The molecule has 0 bridgehead atoms. The maximum atomic E-state index is 11.1. The molecule has 20 heavy (non-hydrogen) atoms. The maximum Gasteiger partial charge on any atom is 0.474 e. The van der Waals surface area contributed by atoms with Gasteiger partial charge in [0.2, 0.25) is 0 Å². The van der Waals surface area contributed by atoms with E-state index < -0.39 is 6.95 Å². The first-order chi connectivity index (χ1) is 9.53. The highest BCUT2D eigenvalue weighted by Crippen LogP contribution is 2.48. The molecule has 1 aromatic carbocycles. The van der Waals surface area contributed by atoms with Gasteiger partial charge in [0.05, 0.1) is 0 Å². The zero-order valence-corrected chi connectivity index (χ0v) is 13.7. The highest BCUT2D eigenvalue weighted by Gasteiger charge is 2.17. The van der Waals surface area contributed by atoms with Gasteiger partial charge in [0.15, 0.2) is 0 Å². The molecule has 1 aromatic rings. The number of hydrogen-bond acceptors (Lipinski definition) is 2. The summed E-state index contributed by atoms with van der Waals surface area (Å²) in [7, 11) is 0. The Hall–Kier alpha value is -0.500. The van der Waals surface area contributed by atoms with Gasteiger partial charge in [0, 0.05) is 11.2 Å². The predicted molar refractivity (Wildman–Crippen MR) is 84.4 cm³/mol. The van der Waals surface area contributed by atoms with Crippen LogP contribution < -0.4 is 4.52 Å². The third-order valence-corrected chi connectivity index (χ3v) is 3.86. The molecule has 114 valence electrons. The molecule has 3 nitrogen and oxygen atoms in total. The van der Waals surface area contributed by atoms with Crippen molar-refractivity contribution in [3.8, 4) is 5.75 Å². The zero-order chi connectivity index (χ0) is 14.8. The summed E-state index contributed by atoms with van der Waals surface area (Å²) in [6, 6.07) is 7.27. The van der Waals surface area contributed by atoms with Gasteiger partial charge in [-0.3, -0.25) is 0 Å². The molecule has 1 rings (SSSR count). The second kappa shape index (κ2) is 9.44. The molecule has 5 heteroatoms. The summed E-state index contributed by atoms with van der Waals surface area (Å²) in [5.41, 5.74) is 0.941. The maximum absolute atomic E-state index is 11.1. The first-order valence-corrected chi connectivity index (χ1v) is 9.81. The van der Waals surface area contributed by atoms with Gasteiger partial charge in [-0.2, -0.15) is 0 Å². The summed E-state index contributed by atoms with van der Waals surface area (Å²) in [4.78, 5) is 9.09. The molecule has 0 fully saturated rings. The summed E-state index contributed by atoms with van der Waals surface area (Å²) >= 11 is 5.26. The molecule has 0 saturated heterocycles. The Morgan fingerprint density at radius 1 is 1.10 bits per heavy atom. The van der Waals surface area contributed by atoms with Crippen LogP contribution >= 0.6 is 18.2 Å². The summed E-state index contributed by atoms with van der Waals surface area (Å²) in [6.45, 7) is -1.78. The van der Waals surface area contributed by atoms with Gasteiger partial charge >= 0.3 is 6.95 Å². The van der Waals surface area contributed by atoms with Crippen molar-refractivity contribution < 1.29 is 14.0 Å². The topological polar surface area (TPSA) is 46.5 Å². The van der Waals surface area contributed by atoms with Crippen LogP contribution in [0.3, 0.4) is 0 Å². The molecule has 0 saturated carbocycles. The van der Waals surface area contributed by atoms with Crippen molar-refractivity contribution in [2.75, 3.05) is 0 Å². The fourth-order valence-corrected chi connectivity index (χ4v) is 2.84. The Morgan fingerprint density at radius 3 is 2.35 bits per heavy atom. The minimum absolute atomic E-state index is 0.416. The van der Waals surface area contributed by atoms with E-state index in [2.05, 4.69) is 6.92 Å². The Labute approximate surface area is 126 Å². The molecular weight excluding hydrogens is 295 g/mol. The number of halogens is 1. The highest BCUT2D eigenvalue weighted by atomic mass is 35.7. The molecule has 1 atom stereocenters. The van der Waals surface area contributed by atoms with Crippen LogP contribution in [0.4, 0.5) is 0 Å². The van der Waals surface area contributed by atoms with Gasteiger partial charge in [-0.1, -0.05) is 63.6 Å². The molecule has 0 spiro atoms. The first kappa shape index (κ1) is 17.6. The molecule has 0 aromatic heterocycles. The number of unbranched alkanes of at least 4 members (excludes halogenated alkanes) is 6. The summed E-state index contributed by atoms with van der Waals surface area (Å²) < 4.78 is 16.0. The number of aryl methyl sites for hydroxylation is 1. The Bertz CT molecular complexity index is 431. The van der Waals surface area contributed by atoms with Gasteiger partial charge in [-0.15, -0.1) is 0 Å². The van der Waals surface area contributed by atoms with Gasteiger partial charge < -0.3 is 9.42 Å². The van der Waals surface area contributed by atoms with Crippen LogP contribution in [0.2, 0.25) is 0 Å². The minimum Gasteiger partial charge on any atom is -0.413 e. The smallest absolute Gasteiger partial charge is 0.413 e. The largest absolute Gasteiger partial charge is 0.474 e. The van der Waals surface area contributed by atoms with Crippen molar-refractivity contribution in [1.29, 1.82) is 0 Å². The quantitative estimate of drug-likeness (QED) is 0.444. The third kappa shape index (κ3) is 7.94. The van der Waals surface area contributed by atoms with E-state index in [4.69, 9.17) is 20.7 Å². The second-order valence-corrected chi connectivity index (χ2v) is 7.39. The van der Waals surface area contributed by atoms with Crippen LogP contribution in [0.5, 0.6) is 5.75 Å². The lowest BCUT2D eigenvalue weighted by Gasteiger charge is -2.11. The lowest BCUT2D eigenvalue weighted by molar-refractivity contribution is 0.398. The van der Waals surface area contributed by atoms with Crippen molar-refractivity contribution in [2.24, 2.45) is 0 Å². The van der Waals surface area contributed by atoms with E-state index in [-0.39, 0.29) is 0 Å². The SMILES string of the molecule is CCCCCCCCCc1ccccc1OP(=O)(O)Cl. The van der Waals surface area contributed by atoms with Crippen molar-refractivity contribution in [2.45, 2.75) is 58.3 Å². The monoisotopic (exact) mass is 318 g/mol. The first-order valence-electron chi connectivity index (χ1n) is 7.33. The van der Waals surface area contributed by atoms with E-state index in [0.29, 0.717) is 5.75 Å². The molecule has 1 N–H and O–H groups in total. The lowest BCUT2D eigenvalue weighted by atomic mass is 10.0. The predicted octanol–water partition coefficient (Wildman–Crippen LogP) is 5.70. The summed E-state index contributed by atoms with van der Waals surface area (Å²) in [5, 5.41) is 0. The van der Waals surface area contributed by atoms with Gasteiger partial charge in [0.1, 0.15) is 5.75 Å². The van der Waals surface area contributed by atoms with Crippen LogP contribution in [0.15, 0.2) is 24.3 Å². The molecule has 0 heterocycles. The number of hydrogen-bond donors (Lipinski definition) is 1. The standard InChI is InChI=1S/C15H24ClO3P/c1-2-3-4-5-6-7-8-11-14-12-9-10-13-15(14)19-20(16,17)18/h9-10,12-13H,2-8,11H2,1H3,(H,17,18). The zero-order valence-electron chi connectivity index (χ0n) is 12.1. The molecule has 0 aliphatic rings. The number of benzene rings is 1. The van der Waals surface area contributed by atoms with Crippen molar-refractivity contribution in [1.82, 2.24) is 0 Å². The minimum atomic E-state index is -4.00. The van der Waals surface area contributed by atoms with Gasteiger partial charge in [-0.05, 0) is 24.5 Å². The number of para-hydroxylation sites is 1. The molecule has 0 aliphatic carbocycles. The third-order valence-electron chi connectivity index (χ3n) is 3.23. The number of rotatable bonds is 10. The molecule has 1 unspecified atom stereocenters. The van der Waals surface area contributed by atoms with E-state index in [1.165, 1.54) is 38.5 Å². The normalized spacial score (nSPS) is 13.9. The average molecular weight is 319 g/mol. The fraction of sp³-hybridized carbons (Fsp3) is 0.600. The molecule has 0 aliphatic heterocycles.